The van der Waals surface area contributed by atoms with E-state index in [1.165, 1.54) is 7.11 Å². The number of hydrogen-bond acceptors (Lipinski definition) is 4. The lowest BCUT2D eigenvalue weighted by Gasteiger charge is -2.26. The largest absolute Gasteiger partial charge is 0.496 e. The zero-order valence-electron chi connectivity index (χ0n) is 13.3. The number of hydrogen-bond donors (Lipinski definition) is 1. The first kappa shape index (κ1) is 16.5. The van der Waals surface area contributed by atoms with Crippen LogP contribution in [-0.2, 0) is 0 Å². The average Bonchev–Trinajstić information content (AvgIpc) is 2.61. The molecule has 0 radical (unpaired) electrons. The first-order valence-corrected chi connectivity index (χ1v) is 8.05. The molecular formula is C18H18ClNO4. The fourth-order valence-corrected chi connectivity index (χ4v) is 2.66. The zero-order valence-corrected chi connectivity index (χ0v) is 14.0. The third kappa shape index (κ3) is 3.74. The summed E-state index contributed by atoms with van der Waals surface area (Å²) in [6.07, 6.45) is 0.558. The summed E-state index contributed by atoms with van der Waals surface area (Å²) in [6, 6.07) is 12.5. The first-order chi connectivity index (χ1) is 11.7. The molecule has 1 unspecified atom stereocenters. The van der Waals surface area contributed by atoms with Crippen LogP contribution in [-0.4, -0.2) is 32.3 Å². The molecule has 0 aromatic heterocycles. The topological polar surface area (TPSA) is 56.8 Å². The molecule has 3 rings (SSSR count). The van der Waals surface area contributed by atoms with Crippen molar-refractivity contribution in [3.05, 3.63) is 53.1 Å². The highest BCUT2D eigenvalue weighted by Gasteiger charge is 2.20. The van der Waals surface area contributed by atoms with Crippen molar-refractivity contribution >= 4 is 17.5 Å². The maximum atomic E-state index is 12.3. The van der Waals surface area contributed by atoms with Crippen molar-refractivity contribution < 1.29 is 19.0 Å². The molecule has 0 spiro atoms. The second-order valence-corrected chi connectivity index (χ2v) is 5.82. The highest BCUT2D eigenvalue weighted by molar-refractivity contribution is 6.30. The number of para-hydroxylation sites is 2. The summed E-state index contributed by atoms with van der Waals surface area (Å²) in [7, 11) is 1.51. The molecule has 1 amide bonds. The lowest BCUT2D eigenvalue weighted by Crippen LogP contribution is -2.34. The minimum atomic E-state index is -0.208. The molecule has 24 heavy (non-hydrogen) atoms. The molecule has 2 aromatic carbocycles. The molecule has 0 saturated carbocycles. The lowest BCUT2D eigenvalue weighted by atomic mass is 10.1. The van der Waals surface area contributed by atoms with Crippen LogP contribution in [0.5, 0.6) is 17.2 Å². The molecule has 1 aliphatic rings. The van der Waals surface area contributed by atoms with E-state index in [2.05, 4.69) is 5.32 Å². The second kappa shape index (κ2) is 7.45. The van der Waals surface area contributed by atoms with Gasteiger partial charge < -0.3 is 19.5 Å². The molecule has 1 N–H and O–H groups in total. The van der Waals surface area contributed by atoms with Crippen molar-refractivity contribution in [2.75, 3.05) is 20.3 Å². The van der Waals surface area contributed by atoms with Gasteiger partial charge in [-0.25, -0.2) is 0 Å². The van der Waals surface area contributed by atoms with E-state index in [1.54, 1.807) is 18.2 Å². The van der Waals surface area contributed by atoms with Crippen LogP contribution in [0, 0.1) is 0 Å². The fourth-order valence-electron chi connectivity index (χ4n) is 2.50. The zero-order chi connectivity index (χ0) is 16.9. The number of carbonyl (C=O) groups is 1. The molecule has 126 valence electrons. The number of fused-ring (bicyclic) bond motifs is 1. The van der Waals surface area contributed by atoms with Gasteiger partial charge in [0.25, 0.3) is 5.91 Å². The van der Waals surface area contributed by atoms with Crippen LogP contribution in [0.1, 0.15) is 16.8 Å². The number of rotatable bonds is 5. The highest BCUT2D eigenvalue weighted by atomic mass is 35.5. The molecule has 1 aliphatic heterocycles. The fraction of sp³-hybridized carbons (Fsp3) is 0.278. The second-order valence-electron chi connectivity index (χ2n) is 5.39. The number of ether oxygens (including phenoxy) is 3. The minimum Gasteiger partial charge on any atom is -0.496 e. The molecule has 1 heterocycles. The van der Waals surface area contributed by atoms with Gasteiger partial charge in [-0.2, -0.15) is 0 Å². The SMILES string of the molecule is COc1cc(Cl)ccc1C(=O)NCCC1COc2ccccc2O1. The number of benzene rings is 2. The van der Waals surface area contributed by atoms with E-state index in [1.807, 2.05) is 24.3 Å². The number of halogens is 1. The van der Waals surface area contributed by atoms with Crippen LogP contribution in [0.25, 0.3) is 0 Å². The van der Waals surface area contributed by atoms with Crippen molar-refractivity contribution in [1.29, 1.82) is 0 Å². The molecule has 0 saturated heterocycles. The molecule has 5 nitrogen and oxygen atoms in total. The number of nitrogens with one attached hydrogen (secondary N) is 1. The first-order valence-electron chi connectivity index (χ1n) is 7.67. The predicted octanol–water partition coefficient (Wildman–Crippen LogP) is 3.31. The third-order valence-electron chi connectivity index (χ3n) is 3.73. The van der Waals surface area contributed by atoms with Crippen molar-refractivity contribution in [2.24, 2.45) is 0 Å². The van der Waals surface area contributed by atoms with E-state index in [0.717, 1.165) is 11.5 Å². The Balaban J connectivity index is 1.53. The maximum Gasteiger partial charge on any atom is 0.255 e. The summed E-state index contributed by atoms with van der Waals surface area (Å²) in [5.74, 6) is 1.73. The molecule has 0 aliphatic carbocycles. The summed E-state index contributed by atoms with van der Waals surface area (Å²) in [4.78, 5) is 12.3. The van der Waals surface area contributed by atoms with Gasteiger partial charge in [0.05, 0.1) is 12.7 Å². The summed E-state index contributed by atoms with van der Waals surface area (Å²) >= 11 is 5.91. The molecule has 6 heteroatoms. The molecule has 0 bridgehead atoms. The number of carbonyl (C=O) groups excluding carboxylic acids is 1. The molecule has 0 fully saturated rings. The van der Waals surface area contributed by atoms with Gasteiger partial charge in [0.15, 0.2) is 11.5 Å². The quantitative estimate of drug-likeness (QED) is 0.901. The van der Waals surface area contributed by atoms with E-state index in [9.17, 15) is 4.79 Å². The van der Waals surface area contributed by atoms with Crippen molar-refractivity contribution in [3.63, 3.8) is 0 Å². The van der Waals surface area contributed by atoms with Crippen LogP contribution in [0.15, 0.2) is 42.5 Å². The summed E-state index contributed by atoms with van der Waals surface area (Å²) in [5, 5.41) is 3.39. The van der Waals surface area contributed by atoms with Gasteiger partial charge in [0, 0.05) is 18.0 Å². The van der Waals surface area contributed by atoms with Crippen molar-refractivity contribution in [3.8, 4) is 17.2 Å². The molecular weight excluding hydrogens is 330 g/mol. The van der Waals surface area contributed by atoms with Crippen LogP contribution in [0.3, 0.4) is 0 Å². The maximum absolute atomic E-state index is 12.3. The van der Waals surface area contributed by atoms with E-state index in [-0.39, 0.29) is 12.0 Å². The Kier molecular flexibility index (Phi) is 5.11. The van der Waals surface area contributed by atoms with Crippen molar-refractivity contribution in [1.82, 2.24) is 5.32 Å². The normalized spacial score (nSPS) is 15.7. The van der Waals surface area contributed by atoms with Gasteiger partial charge in [-0.05, 0) is 30.3 Å². The van der Waals surface area contributed by atoms with Crippen LogP contribution < -0.4 is 19.5 Å². The summed E-state index contributed by atoms with van der Waals surface area (Å²) in [5.41, 5.74) is 0.452. The van der Waals surface area contributed by atoms with Crippen LogP contribution in [0.4, 0.5) is 0 Å². The number of methoxy groups -OCH3 is 1. The molecule has 2 aromatic rings. The third-order valence-corrected chi connectivity index (χ3v) is 3.96. The van der Waals surface area contributed by atoms with Gasteiger partial charge in [-0.3, -0.25) is 4.79 Å². The van der Waals surface area contributed by atoms with E-state index >= 15 is 0 Å². The van der Waals surface area contributed by atoms with E-state index < -0.39 is 0 Å². The highest BCUT2D eigenvalue weighted by Crippen LogP contribution is 2.31. The van der Waals surface area contributed by atoms with E-state index in [0.29, 0.717) is 35.9 Å². The molecule has 1 atom stereocenters. The standard InChI is InChI=1S/C18H18ClNO4/c1-22-17-10-12(19)6-7-14(17)18(21)20-9-8-13-11-23-15-4-2-3-5-16(15)24-13/h2-7,10,13H,8-9,11H2,1H3,(H,20,21). The van der Waals surface area contributed by atoms with Crippen molar-refractivity contribution in [2.45, 2.75) is 12.5 Å². The van der Waals surface area contributed by atoms with Crippen LogP contribution >= 0.6 is 11.6 Å². The predicted molar refractivity (Wildman–Crippen MR) is 91.3 cm³/mol. The Morgan fingerprint density at radius 2 is 2.08 bits per heavy atom. The van der Waals surface area contributed by atoms with Gasteiger partial charge in [-0.15, -0.1) is 0 Å². The van der Waals surface area contributed by atoms with Gasteiger partial charge in [0.2, 0.25) is 0 Å². The van der Waals surface area contributed by atoms with Gasteiger partial charge >= 0.3 is 0 Å². The van der Waals surface area contributed by atoms with Gasteiger partial charge in [-0.1, -0.05) is 23.7 Å². The Hall–Kier alpha value is -2.40. The monoisotopic (exact) mass is 347 g/mol. The van der Waals surface area contributed by atoms with Gasteiger partial charge in [0.1, 0.15) is 18.5 Å². The summed E-state index contributed by atoms with van der Waals surface area (Å²) < 4.78 is 16.7. The smallest absolute Gasteiger partial charge is 0.255 e. The Morgan fingerprint density at radius 3 is 2.88 bits per heavy atom. The lowest BCUT2D eigenvalue weighted by molar-refractivity contribution is 0.0812. The Bertz CT molecular complexity index is 735. The number of amides is 1. The minimum absolute atomic E-state index is 0.0905. The summed E-state index contributed by atoms with van der Waals surface area (Å²) in [6.45, 7) is 0.942. The average molecular weight is 348 g/mol. The Labute approximate surface area is 145 Å². The van der Waals surface area contributed by atoms with E-state index in [4.69, 9.17) is 25.8 Å². The Morgan fingerprint density at radius 1 is 1.29 bits per heavy atom. The van der Waals surface area contributed by atoms with Crippen LogP contribution in [0.2, 0.25) is 5.02 Å².